The summed E-state index contributed by atoms with van der Waals surface area (Å²) in [7, 11) is 0. The second kappa shape index (κ2) is 7.18. The van der Waals surface area contributed by atoms with Gasteiger partial charge in [-0.1, -0.05) is 0 Å². The highest BCUT2D eigenvalue weighted by Crippen LogP contribution is 2.28. The van der Waals surface area contributed by atoms with Crippen molar-refractivity contribution in [2.24, 2.45) is 5.73 Å². The highest BCUT2D eigenvalue weighted by Gasteiger charge is 2.25. The van der Waals surface area contributed by atoms with Gasteiger partial charge in [-0.2, -0.15) is 0 Å². The third kappa shape index (κ3) is 4.14. The van der Waals surface area contributed by atoms with E-state index in [0.29, 0.717) is 31.7 Å². The monoisotopic (exact) mass is 298 g/mol. The molecule has 0 bridgehead atoms. The van der Waals surface area contributed by atoms with Gasteiger partial charge in [0, 0.05) is 25.7 Å². The zero-order chi connectivity index (χ0) is 15.4. The molecule has 21 heavy (non-hydrogen) atoms. The molecule has 2 unspecified atom stereocenters. The van der Waals surface area contributed by atoms with Crippen molar-refractivity contribution in [1.82, 2.24) is 0 Å². The first-order valence-electron chi connectivity index (χ1n) is 7.61. The zero-order valence-electron chi connectivity index (χ0n) is 12.7. The van der Waals surface area contributed by atoms with Crippen molar-refractivity contribution in [2.75, 3.05) is 24.6 Å². The molecule has 1 saturated heterocycles. The van der Waals surface area contributed by atoms with E-state index in [9.17, 15) is 8.78 Å². The van der Waals surface area contributed by atoms with Crippen molar-refractivity contribution in [1.29, 1.82) is 0 Å². The molecule has 1 aliphatic heterocycles. The summed E-state index contributed by atoms with van der Waals surface area (Å²) in [6.45, 7) is 5.57. The lowest BCUT2D eigenvalue weighted by molar-refractivity contribution is 0.0524. The van der Waals surface area contributed by atoms with Crippen LogP contribution in [0.25, 0.3) is 0 Å². The minimum Gasteiger partial charge on any atom is -0.377 e. The molecule has 0 aliphatic carbocycles. The van der Waals surface area contributed by atoms with Gasteiger partial charge in [0.1, 0.15) is 17.3 Å². The van der Waals surface area contributed by atoms with E-state index in [1.807, 2.05) is 13.8 Å². The highest BCUT2D eigenvalue weighted by atomic mass is 19.1. The van der Waals surface area contributed by atoms with Gasteiger partial charge in [-0.05, 0) is 50.8 Å². The second-order valence-corrected chi connectivity index (χ2v) is 5.76. The van der Waals surface area contributed by atoms with Gasteiger partial charge in [0.25, 0.3) is 0 Å². The molecule has 1 aromatic carbocycles. The summed E-state index contributed by atoms with van der Waals surface area (Å²) in [5.41, 5.74) is 6.35. The Morgan fingerprint density at radius 2 is 2.05 bits per heavy atom. The second-order valence-electron chi connectivity index (χ2n) is 5.76. The van der Waals surface area contributed by atoms with Crippen molar-refractivity contribution in [2.45, 2.75) is 45.3 Å². The molecule has 1 heterocycles. The maximum absolute atomic E-state index is 14.3. The van der Waals surface area contributed by atoms with Gasteiger partial charge < -0.3 is 15.4 Å². The molecule has 0 aromatic heterocycles. The third-order valence-corrected chi connectivity index (χ3v) is 3.73. The van der Waals surface area contributed by atoms with E-state index in [1.54, 1.807) is 4.90 Å². The van der Waals surface area contributed by atoms with Crippen molar-refractivity contribution in [3.05, 3.63) is 29.3 Å². The molecule has 118 valence electrons. The van der Waals surface area contributed by atoms with Gasteiger partial charge in [0.05, 0.1) is 6.10 Å². The van der Waals surface area contributed by atoms with Gasteiger partial charge in [0.2, 0.25) is 0 Å². The first kappa shape index (κ1) is 16.2. The van der Waals surface area contributed by atoms with Crippen LogP contribution in [-0.2, 0) is 11.2 Å². The summed E-state index contributed by atoms with van der Waals surface area (Å²) in [5, 5.41) is 0. The van der Waals surface area contributed by atoms with Crippen LogP contribution in [0.4, 0.5) is 14.5 Å². The molecule has 0 spiro atoms. The van der Waals surface area contributed by atoms with Crippen LogP contribution in [0, 0.1) is 11.6 Å². The number of hydrogen-bond donors (Lipinski definition) is 1. The molecule has 3 nitrogen and oxygen atoms in total. The first-order valence-corrected chi connectivity index (χ1v) is 7.61. The van der Waals surface area contributed by atoms with E-state index < -0.39 is 11.6 Å². The van der Waals surface area contributed by atoms with Gasteiger partial charge in [-0.3, -0.25) is 0 Å². The lowest BCUT2D eigenvalue weighted by Gasteiger charge is -2.34. The molecule has 2 atom stereocenters. The van der Waals surface area contributed by atoms with Crippen LogP contribution in [0.15, 0.2) is 12.1 Å². The predicted molar refractivity (Wildman–Crippen MR) is 80.6 cm³/mol. The van der Waals surface area contributed by atoms with E-state index in [1.165, 1.54) is 12.1 Å². The zero-order valence-corrected chi connectivity index (χ0v) is 12.7. The number of rotatable bonds is 5. The number of benzene rings is 1. The minimum atomic E-state index is -0.511. The van der Waals surface area contributed by atoms with Crippen molar-refractivity contribution in [3.8, 4) is 0 Å². The fraction of sp³-hybridized carbons (Fsp3) is 0.625. The average Bonchev–Trinajstić information content (AvgIpc) is 2.37. The first-order chi connectivity index (χ1) is 10.0. The molecule has 2 N–H and O–H groups in total. The Labute approximate surface area is 125 Å². The molecule has 0 radical (unpaired) electrons. The summed E-state index contributed by atoms with van der Waals surface area (Å²) >= 11 is 0. The highest BCUT2D eigenvalue weighted by molar-refractivity contribution is 5.51. The number of halogens is 2. The van der Waals surface area contributed by atoms with Gasteiger partial charge in [0.15, 0.2) is 0 Å². The molecule has 2 rings (SSSR count). The smallest absolute Gasteiger partial charge is 0.149 e. The molecular weight excluding hydrogens is 274 g/mol. The van der Waals surface area contributed by atoms with Crippen LogP contribution in [0.5, 0.6) is 0 Å². The van der Waals surface area contributed by atoms with Crippen LogP contribution in [0.3, 0.4) is 0 Å². The number of ether oxygens (including phenoxy) is 1. The van der Waals surface area contributed by atoms with Gasteiger partial charge in [-0.15, -0.1) is 0 Å². The molecule has 0 saturated carbocycles. The van der Waals surface area contributed by atoms with Crippen LogP contribution in [-0.4, -0.2) is 31.8 Å². The number of piperidine rings is 1. The van der Waals surface area contributed by atoms with Crippen molar-refractivity contribution in [3.63, 3.8) is 0 Å². The van der Waals surface area contributed by atoms with E-state index in [0.717, 1.165) is 12.8 Å². The summed E-state index contributed by atoms with van der Waals surface area (Å²) < 4.78 is 34.2. The Morgan fingerprint density at radius 3 is 2.62 bits per heavy atom. The van der Waals surface area contributed by atoms with Crippen LogP contribution in [0.2, 0.25) is 0 Å². The summed E-state index contributed by atoms with van der Waals surface area (Å²) in [5.74, 6) is -1.02. The Bertz CT molecular complexity index is 454. The largest absolute Gasteiger partial charge is 0.377 e. The SMILES string of the molecule is CCOC1CCCN(c2c(F)cc(CC(C)N)cc2F)C1. The lowest BCUT2D eigenvalue weighted by atomic mass is 10.0. The Kier molecular flexibility index (Phi) is 5.53. The van der Waals surface area contributed by atoms with E-state index in [-0.39, 0.29) is 17.8 Å². The molecule has 1 aliphatic rings. The number of nitrogens with two attached hydrogens (primary N) is 1. The fourth-order valence-corrected chi connectivity index (χ4v) is 2.92. The molecule has 1 fully saturated rings. The molecule has 1 aromatic rings. The Morgan fingerprint density at radius 1 is 1.38 bits per heavy atom. The molecular formula is C16H24F2N2O. The summed E-state index contributed by atoms with van der Waals surface area (Å²) in [6.07, 6.45) is 2.34. The molecule has 5 heteroatoms. The van der Waals surface area contributed by atoms with Crippen molar-refractivity contribution >= 4 is 5.69 Å². The summed E-state index contributed by atoms with van der Waals surface area (Å²) in [4.78, 5) is 1.75. The van der Waals surface area contributed by atoms with Gasteiger partial charge in [-0.25, -0.2) is 8.78 Å². The predicted octanol–water partition coefficient (Wildman–Crippen LogP) is 2.86. The number of hydrogen-bond acceptors (Lipinski definition) is 3. The number of nitrogens with zero attached hydrogens (tertiary/aromatic N) is 1. The molecule has 0 amide bonds. The average molecular weight is 298 g/mol. The maximum atomic E-state index is 14.3. The summed E-state index contributed by atoms with van der Waals surface area (Å²) in [6, 6.07) is 2.67. The van der Waals surface area contributed by atoms with Gasteiger partial charge >= 0.3 is 0 Å². The van der Waals surface area contributed by atoms with E-state index >= 15 is 0 Å². The van der Waals surface area contributed by atoms with E-state index in [4.69, 9.17) is 10.5 Å². The minimum absolute atomic E-state index is 0.0475. The normalized spacial score (nSPS) is 20.6. The van der Waals surface area contributed by atoms with Crippen LogP contribution < -0.4 is 10.6 Å². The standard InChI is InChI=1S/C16H24F2N2O/c1-3-21-13-5-4-6-20(10-13)16-14(17)8-12(7-11(2)19)9-15(16)18/h8-9,11,13H,3-7,10,19H2,1-2H3. The Hall–Kier alpha value is -1.20. The fourth-order valence-electron chi connectivity index (χ4n) is 2.92. The van der Waals surface area contributed by atoms with Crippen LogP contribution >= 0.6 is 0 Å². The quantitative estimate of drug-likeness (QED) is 0.908. The topological polar surface area (TPSA) is 38.5 Å². The lowest BCUT2D eigenvalue weighted by Crippen LogP contribution is -2.40. The Balaban J connectivity index is 2.19. The van der Waals surface area contributed by atoms with E-state index in [2.05, 4.69) is 0 Å². The third-order valence-electron chi connectivity index (χ3n) is 3.73. The van der Waals surface area contributed by atoms with Crippen LogP contribution in [0.1, 0.15) is 32.3 Å². The number of anilines is 1. The maximum Gasteiger partial charge on any atom is 0.149 e. The van der Waals surface area contributed by atoms with Crippen molar-refractivity contribution < 1.29 is 13.5 Å².